The Morgan fingerprint density at radius 2 is 1.66 bits per heavy atom. The second-order valence-corrected chi connectivity index (χ2v) is 9.35. The van der Waals surface area contributed by atoms with Crippen molar-refractivity contribution >= 4 is 10.8 Å². The van der Waals surface area contributed by atoms with Gasteiger partial charge in [0, 0.05) is 25.3 Å². The second kappa shape index (κ2) is 12.1. The van der Waals surface area contributed by atoms with Crippen molar-refractivity contribution in [2.75, 3.05) is 19.7 Å². The molecule has 2 atom stereocenters. The Kier molecular flexibility index (Phi) is 8.17. The quantitative estimate of drug-likeness (QED) is 0.289. The van der Waals surface area contributed by atoms with Crippen molar-refractivity contribution in [3.05, 3.63) is 114 Å². The topological polar surface area (TPSA) is 43.4 Å². The Morgan fingerprint density at radius 3 is 2.51 bits per heavy atom. The lowest BCUT2D eigenvalue weighted by molar-refractivity contribution is 0.0106. The van der Waals surface area contributed by atoms with Gasteiger partial charge in [0.25, 0.3) is 0 Å². The zero-order valence-electron chi connectivity index (χ0n) is 20.2. The molecule has 35 heavy (non-hydrogen) atoms. The van der Waals surface area contributed by atoms with Crippen LogP contribution in [0.15, 0.2) is 91.1 Å². The molecule has 4 heteroatoms. The monoisotopic (exact) mass is 466 g/mol. The molecule has 5 rings (SSSR count). The van der Waals surface area contributed by atoms with E-state index in [4.69, 9.17) is 9.47 Å². The van der Waals surface area contributed by atoms with E-state index in [1.54, 1.807) is 0 Å². The summed E-state index contributed by atoms with van der Waals surface area (Å²) in [5, 5.41) is 6.06. The van der Waals surface area contributed by atoms with E-state index >= 15 is 0 Å². The van der Waals surface area contributed by atoms with E-state index in [2.05, 4.69) is 77.0 Å². The molecule has 4 aromatic rings. The summed E-state index contributed by atoms with van der Waals surface area (Å²) in [5.41, 5.74) is 4.95. The molecule has 0 aliphatic carbocycles. The molecule has 1 fully saturated rings. The highest BCUT2D eigenvalue weighted by atomic mass is 16.5. The summed E-state index contributed by atoms with van der Waals surface area (Å²) in [6, 6.07) is 30.2. The molecular formula is C31H34N2O2. The lowest BCUT2D eigenvalue weighted by Gasteiger charge is -2.32. The van der Waals surface area contributed by atoms with Crippen molar-refractivity contribution < 1.29 is 9.47 Å². The summed E-state index contributed by atoms with van der Waals surface area (Å²) in [7, 11) is 0. The van der Waals surface area contributed by atoms with E-state index in [-0.39, 0.29) is 6.10 Å². The minimum Gasteiger partial charge on any atom is -0.375 e. The first-order valence-electron chi connectivity index (χ1n) is 12.7. The molecule has 0 amide bonds. The highest BCUT2D eigenvalue weighted by Crippen LogP contribution is 2.29. The third-order valence-corrected chi connectivity index (χ3v) is 6.84. The maximum atomic E-state index is 6.46. The van der Waals surface area contributed by atoms with Gasteiger partial charge in [-0.3, -0.25) is 4.98 Å². The highest BCUT2D eigenvalue weighted by Gasteiger charge is 2.27. The van der Waals surface area contributed by atoms with Gasteiger partial charge in [0.15, 0.2) is 0 Å². The van der Waals surface area contributed by atoms with E-state index in [0.717, 1.165) is 44.7 Å². The van der Waals surface area contributed by atoms with Crippen molar-refractivity contribution in [1.29, 1.82) is 0 Å². The van der Waals surface area contributed by atoms with E-state index in [9.17, 15) is 0 Å². The van der Waals surface area contributed by atoms with Gasteiger partial charge in [0.05, 0.1) is 25.0 Å². The molecule has 1 aromatic heterocycles. The predicted molar refractivity (Wildman–Crippen MR) is 141 cm³/mol. The molecule has 180 valence electrons. The molecule has 2 unspecified atom stereocenters. The molecule has 4 nitrogen and oxygen atoms in total. The van der Waals surface area contributed by atoms with Gasteiger partial charge < -0.3 is 14.8 Å². The highest BCUT2D eigenvalue weighted by molar-refractivity contribution is 5.82. The van der Waals surface area contributed by atoms with Crippen LogP contribution in [-0.4, -0.2) is 30.8 Å². The number of aryl methyl sites for hydroxylation is 1. The Morgan fingerprint density at radius 1 is 0.829 bits per heavy atom. The third-order valence-electron chi connectivity index (χ3n) is 6.84. The van der Waals surface area contributed by atoms with Crippen LogP contribution in [-0.2, 0) is 29.1 Å². The molecule has 3 aromatic carbocycles. The van der Waals surface area contributed by atoms with Gasteiger partial charge >= 0.3 is 0 Å². The van der Waals surface area contributed by atoms with Gasteiger partial charge in [-0.1, -0.05) is 66.7 Å². The molecule has 1 N–H and O–H groups in total. The smallest absolute Gasteiger partial charge is 0.0887 e. The Hall–Kier alpha value is -3.05. The molecule has 1 aliphatic rings. The van der Waals surface area contributed by atoms with Gasteiger partial charge in [-0.25, -0.2) is 0 Å². The van der Waals surface area contributed by atoms with Gasteiger partial charge in [-0.15, -0.1) is 0 Å². The number of piperidine rings is 1. The molecule has 0 spiro atoms. The molecular weight excluding hydrogens is 432 g/mol. The summed E-state index contributed by atoms with van der Waals surface area (Å²) in [4.78, 5) is 4.30. The second-order valence-electron chi connectivity index (χ2n) is 9.35. The summed E-state index contributed by atoms with van der Waals surface area (Å²) in [6.45, 7) is 3.90. The van der Waals surface area contributed by atoms with Crippen molar-refractivity contribution in [2.24, 2.45) is 0 Å². The SMILES string of the molecule is c1ccc(COCCCc2ccc(C3CCNCC3OCc3ccc4ccccc4c3)cc2)nc1. The number of benzene rings is 3. The Labute approximate surface area is 208 Å². The largest absolute Gasteiger partial charge is 0.375 e. The summed E-state index contributed by atoms with van der Waals surface area (Å²) < 4.78 is 12.2. The number of ether oxygens (including phenoxy) is 2. The van der Waals surface area contributed by atoms with Gasteiger partial charge in [0.1, 0.15) is 0 Å². The first kappa shape index (κ1) is 23.7. The maximum Gasteiger partial charge on any atom is 0.0887 e. The fourth-order valence-corrected chi connectivity index (χ4v) is 4.89. The lowest BCUT2D eigenvalue weighted by atomic mass is 9.87. The number of hydrogen-bond donors (Lipinski definition) is 1. The van der Waals surface area contributed by atoms with Crippen LogP contribution in [0.1, 0.15) is 41.1 Å². The number of nitrogens with one attached hydrogen (secondary N) is 1. The lowest BCUT2D eigenvalue weighted by Crippen LogP contribution is -2.40. The zero-order chi connectivity index (χ0) is 23.7. The van der Waals surface area contributed by atoms with E-state index in [1.165, 1.54) is 27.5 Å². The number of rotatable bonds is 10. The Balaban J connectivity index is 1.12. The molecule has 1 aliphatic heterocycles. The van der Waals surface area contributed by atoms with Crippen LogP contribution in [0.3, 0.4) is 0 Å². The fraction of sp³-hybridized carbons (Fsp3) is 0.323. The first-order valence-corrected chi connectivity index (χ1v) is 12.7. The van der Waals surface area contributed by atoms with E-state index in [0.29, 0.717) is 19.1 Å². The van der Waals surface area contributed by atoms with E-state index in [1.807, 2.05) is 24.4 Å². The molecule has 0 radical (unpaired) electrons. The van der Waals surface area contributed by atoms with Gasteiger partial charge in [-0.05, 0) is 71.5 Å². The van der Waals surface area contributed by atoms with Crippen LogP contribution in [0.4, 0.5) is 0 Å². The van der Waals surface area contributed by atoms with E-state index < -0.39 is 0 Å². The zero-order valence-corrected chi connectivity index (χ0v) is 20.2. The fourth-order valence-electron chi connectivity index (χ4n) is 4.89. The van der Waals surface area contributed by atoms with Crippen molar-refractivity contribution in [1.82, 2.24) is 10.3 Å². The number of hydrogen-bond acceptors (Lipinski definition) is 4. The number of nitrogens with zero attached hydrogens (tertiary/aromatic N) is 1. The average molecular weight is 467 g/mol. The van der Waals surface area contributed by atoms with Crippen LogP contribution in [0.2, 0.25) is 0 Å². The minimum absolute atomic E-state index is 0.182. The van der Waals surface area contributed by atoms with Crippen molar-refractivity contribution in [2.45, 2.75) is 44.5 Å². The Bertz CT molecular complexity index is 1190. The van der Waals surface area contributed by atoms with Crippen LogP contribution < -0.4 is 5.32 Å². The first-order chi connectivity index (χ1) is 17.3. The summed E-state index contributed by atoms with van der Waals surface area (Å²) in [5.74, 6) is 0.424. The van der Waals surface area contributed by atoms with Crippen molar-refractivity contribution in [3.8, 4) is 0 Å². The maximum absolute atomic E-state index is 6.46. The number of fused-ring (bicyclic) bond motifs is 1. The number of aromatic nitrogens is 1. The standard InChI is InChI=1S/C31H34N2O2/c1-2-8-28-20-25(12-13-26(28)7-1)22-35-31-21-32-18-16-30(31)27-14-10-24(11-15-27)6-5-19-34-23-29-9-3-4-17-33-29/h1-4,7-15,17,20,30-32H,5-6,16,18-19,21-23H2. The van der Waals surface area contributed by atoms with Crippen LogP contribution in [0.25, 0.3) is 10.8 Å². The minimum atomic E-state index is 0.182. The van der Waals surface area contributed by atoms with Crippen molar-refractivity contribution in [3.63, 3.8) is 0 Å². The number of pyridine rings is 1. The molecule has 2 heterocycles. The summed E-state index contributed by atoms with van der Waals surface area (Å²) >= 11 is 0. The predicted octanol–water partition coefficient (Wildman–Crippen LogP) is 6.05. The molecule has 1 saturated heterocycles. The third kappa shape index (κ3) is 6.55. The molecule has 0 saturated carbocycles. The average Bonchev–Trinajstić information content (AvgIpc) is 2.93. The van der Waals surface area contributed by atoms with Crippen LogP contribution in [0, 0.1) is 0 Å². The van der Waals surface area contributed by atoms with Crippen LogP contribution >= 0.6 is 0 Å². The normalized spacial score (nSPS) is 18.1. The van der Waals surface area contributed by atoms with Gasteiger partial charge in [0.2, 0.25) is 0 Å². The van der Waals surface area contributed by atoms with Crippen LogP contribution in [0.5, 0.6) is 0 Å². The molecule has 0 bridgehead atoms. The summed E-state index contributed by atoms with van der Waals surface area (Å²) in [6.07, 6.45) is 5.12. The van der Waals surface area contributed by atoms with Gasteiger partial charge in [-0.2, -0.15) is 0 Å².